The van der Waals surface area contributed by atoms with Crippen molar-refractivity contribution in [1.82, 2.24) is 5.32 Å². The summed E-state index contributed by atoms with van der Waals surface area (Å²) in [5, 5.41) is 6.57. The van der Waals surface area contributed by atoms with Gasteiger partial charge in [-0.3, -0.25) is 4.79 Å². The van der Waals surface area contributed by atoms with Crippen LogP contribution in [-0.2, 0) is 20.8 Å². The van der Waals surface area contributed by atoms with Gasteiger partial charge in [0, 0.05) is 18.3 Å². The molecule has 0 saturated heterocycles. The number of hydrogen-bond donors (Lipinski definition) is 1. The molecule has 150 valence electrons. The molecule has 2 aromatic rings. The Kier molecular flexibility index (Phi) is 7.57. The minimum atomic E-state index is -0.583. The van der Waals surface area contributed by atoms with E-state index in [1.165, 1.54) is 18.3 Å². The standard InChI is InChI=1S/C20H24N2O5S/c1-12-10-18(28-13(12)2)19(22-27-14(3)23)20(24)21-9-8-15-6-7-16(25-4)17(11-15)26-5/h6-7,10-11H,8-9H2,1-5H3,(H,21,24). The Balaban J connectivity index is 2.07. The van der Waals surface area contributed by atoms with Crippen LogP contribution in [0.4, 0.5) is 0 Å². The van der Waals surface area contributed by atoms with Crippen LogP contribution in [0.3, 0.4) is 0 Å². The Morgan fingerprint density at radius 3 is 2.39 bits per heavy atom. The molecular formula is C20H24N2O5S. The first-order chi connectivity index (χ1) is 13.3. The fraction of sp³-hybridized carbons (Fsp3) is 0.350. The fourth-order valence-corrected chi connectivity index (χ4v) is 3.45. The average Bonchev–Trinajstić information content (AvgIpc) is 2.99. The van der Waals surface area contributed by atoms with Crippen molar-refractivity contribution >= 4 is 28.9 Å². The normalized spacial score (nSPS) is 11.1. The van der Waals surface area contributed by atoms with Crippen LogP contribution in [0.15, 0.2) is 29.4 Å². The summed E-state index contributed by atoms with van der Waals surface area (Å²) in [6, 6.07) is 7.45. The van der Waals surface area contributed by atoms with Crippen molar-refractivity contribution in [2.45, 2.75) is 27.2 Å². The number of ether oxygens (including phenoxy) is 2. The van der Waals surface area contributed by atoms with Gasteiger partial charge in [0.1, 0.15) is 0 Å². The van der Waals surface area contributed by atoms with Crippen LogP contribution in [-0.4, -0.2) is 38.4 Å². The number of hydrogen-bond acceptors (Lipinski definition) is 7. The third-order valence-electron chi connectivity index (χ3n) is 4.03. The third kappa shape index (κ3) is 5.56. The molecule has 1 amide bonds. The number of amides is 1. The molecular weight excluding hydrogens is 380 g/mol. The van der Waals surface area contributed by atoms with E-state index in [1.807, 2.05) is 38.1 Å². The molecule has 0 saturated carbocycles. The van der Waals surface area contributed by atoms with E-state index >= 15 is 0 Å². The molecule has 0 aliphatic heterocycles. The number of thiophene rings is 1. The Bertz CT molecular complexity index is 869. The number of nitrogens with zero attached hydrogens (tertiary/aromatic N) is 1. The van der Waals surface area contributed by atoms with Gasteiger partial charge < -0.3 is 19.6 Å². The molecule has 0 unspecified atom stereocenters. The van der Waals surface area contributed by atoms with Crippen molar-refractivity contribution in [3.05, 3.63) is 45.1 Å². The molecule has 28 heavy (non-hydrogen) atoms. The topological polar surface area (TPSA) is 86.2 Å². The summed E-state index contributed by atoms with van der Waals surface area (Å²) in [7, 11) is 3.15. The lowest BCUT2D eigenvalue weighted by Crippen LogP contribution is -2.33. The number of benzene rings is 1. The maximum Gasteiger partial charge on any atom is 0.332 e. The number of nitrogens with one attached hydrogen (secondary N) is 1. The van der Waals surface area contributed by atoms with Gasteiger partial charge in [-0.25, -0.2) is 4.79 Å². The van der Waals surface area contributed by atoms with Crippen LogP contribution in [0.1, 0.15) is 27.8 Å². The summed E-state index contributed by atoms with van der Waals surface area (Å²) in [6.45, 7) is 5.54. The van der Waals surface area contributed by atoms with Crippen molar-refractivity contribution < 1.29 is 23.9 Å². The molecule has 7 nitrogen and oxygen atoms in total. The second-order valence-corrected chi connectivity index (χ2v) is 7.32. The number of carbonyl (C=O) groups excluding carboxylic acids is 2. The highest BCUT2D eigenvalue weighted by molar-refractivity contribution is 7.15. The maximum absolute atomic E-state index is 12.6. The summed E-state index contributed by atoms with van der Waals surface area (Å²) in [5.41, 5.74) is 2.12. The second kappa shape index (κ2) is 9.89. The molecule has 2 rings (SSSR count). The van der Waals surface area contributed by atoms with Crippen molar-refractivity contribution in [1.29, 1.82) is 0 Å². The molecule has 1 aromatic heterocycles. The largest absolute Gasteiger partial charge is 0.493 e. The van der Waals surface area contributed by atoms with Crippen LogP contribution in [0, 0.1) is 13.8 Å². The SMILES string of the molecule is COc1ccc(CCNC(=O)C(=NOC(C)=O)c2cc(C)c(C)s2)cc1OC. The molecule has 1 heterocycles. The van der Waals surface area contributed by atoms with Crippen LogP contribution < -0.4 is 14.8 Å². The third-order valence-corrected chi connectivity index (χ3v) is 5.19. The minimum Gasteiger partial charge on any atom is -0.493 e. The van der Waals surface area contributed by atoms with Gasteiger partial charge >= 0.3 is 5.97 Å². The first kappa shape index (κ1) is 21.4. The Morgan fingerprint density at radius 2 is 1.82 bits per heavy atom. The van der Waals surface area contributed by atoms with Gasteiger partial charge in [-0.15, -0.1) is 11.3 Å². The lowest BCUT2D eigenvalue weighted by molar-refractivity contribution is -0.140. The molecule has 0 aliphatic rings. The van der Waals surface area contributed by atoms with Crippen LogP contribution in [0.2, 0.25) is 0 Å². The maximum atomic E-state index is 12.6. The minimum absolute atomic E-state index is 0.0868. The van der Waals surface area contributed by atoms with Gasteiger partial charge in [0.15, 0.2) is 17.2 Å². The Labute approximate surface area is 168 Å². The lowest BCUT2D eigenvalue weighted by atomic mass is 10.1. The summed E-state index contributed by atoms with van der Waals surface area (Å²) in [6.07, 6.45) is 0.593. The first-order valence-corrected chi connectivity index (χ1v) is 9.49. The van der Waals surface area contributed by atoms with Crippen LogP contribution in [0.25, 0.3) is 0 Å². The quantitative estimate of drug-likeness (QED) is 0.415. The van der Waals surface area contributed by atoms with Crippen LogP contribution >= 0.6 is 11.3 Å². The van der Waals surface area contributed by atoms with Crippen molar-refractivity contribution in [2.75, 3.05) is 20.8 Å². The highest BCUT2D eigenvalue weighted by Crippen LogP contribution is 2.27. The van der Waals surface area contributed by atoms with E-state index < -0.39 is 11.9 Å². The van der Waals surface area contributed by atoms with E-state index in [4.69, 9.17) is 14.3 Å². The number of methoxy groups -OCH3 is 2. The summed E-state index contributed by atoms with van der Waals surface area (Å²) in [4.78, 5) is 30.2. The summed E-state index contributed by atoms with van der Waals surface area (Å²) in [5.74, 6) is 0.297. The highest BCUT2D eigenvalue weighted by Gasteiger charge is 2.18. The summed E-state index contributed by atoms with van der Waals surface area (Å²) >= 11 is 1.43. The molecule has 0 bridgehead atoms. The van der Waals surface area contributed by atoms with Gasteiger partial charge in [-0.2, -0.15) is 0 Å². The molecule has 8 heteroatoms. The zero-order valence-corrected chi connectivity index (χ0v) is 17.4. The predicted octanol–water partition coefficient (Wildman–Crippen LogP) is 3.01. The fourth-order valence-electron chi connectivity index (χ4n) is 2.44. The monoisotopic (exact) mass is 404 g/mol. The highest BCUT2D eigenvalue weighted by atomic mass is 32.1. The van der Waals surface area contributed by atoms with E-state index in [0.717, 1.165) is 16.0 Å². The van der Waals surface area contributed by atoms with Crippen molar-refractivity contribution in [3.8, 4) is 11.5 Å². The first-order valence-electron chi connectivity index (χ1n) is 8.67. The van der Waals surface area contributed by atoms with Crippen molar-refractivity contribution in [3.63, 3.8) is 0 Å². The van der Waals surface area contributed by atoms with E-state index in [2.05, 4.69) is 10.5 Å². The molecule has 0 radical (unpaired) electrons. The van der Waals surface area contributed by atoms with Gasteiger partial charge in [0.2, 0.25) is 0 Å². The number of aryl methyl sites for hydroxylation is 2. The van der Waals surface area contributed by atoms with E-state index in [-0.39, 0.29) is 5.71 Å². The van der Waals surface area contributed by atoms with Gasteiger partial charge in [-0.1, -0.05) is 11.2 Å². The number of oxime groups is 1. The van der Waals surface area contributed by atoms with Gasteiger partial charge in [0.05, 0.1) is 19.1 Å². The van der Waals surface area contributed by atoms with Gasteiger partial charge in [-0.05, 0) is 49.6 Å². The van der Waals surface area contributed by atoms with E-state index in [1.54, 1.807) is 14.2 Å². The molecule has 0 aliphatic carbocycles. The summed E-state index contributed by atoms with van der Waals surface area (Å²) < 4.78 is 10.5. The van der Waals surface area contributed by atoms with Crippen LogP contribution in [0.5, 0.6) is 11.5 Å². The zero-order valence-electron chi connectivity index (χ0n) is 16.6. The number of carbonyl (C=O) groups is 2. The number of rotatable bonds is 8. The Hall–Kier alpha value is -2.87. The second-order valence-electron chi connectivity index (χ2n) is 6.07. The van der Waals surface area contributed by atoms with E-state index in [0.29, 0.717) is 29.3 Å². The lowest BCUT2D eigenvalue weighted by Gasteiger charge is -2.10. The van der Waals surface area contributed by atoms with Gasteiger partial charge in [0.25, 0.3) is 5.91 Å². The smallest absolute Gasteiger partial charge is 0.332 e. The predicted molar refractivity (Wildman–Crippen MR) is 108 cm³/mol. The molecule has 0 spiro atoms. The molecule has 1 aromatic carbocycles. The zero-order chi connectivity index (χ0) is 20.7. The molecule has 1 N–H and O–H groups in total. The average molecular weight is 404 g/mol. The van der Waals surface area contributed by atoms with Crippen molar-refractivity contribution in [2.24, 2.45) is 5.16 Å². The van der Waals surface area contributed by atoms with E-state index in [9.17, 15) is 9.59 Å². The Morgan fingerprint density at radius 1 is 1.11 bits per heavy atom. The molecule has 0 fully saturated rings. The molecule has 0 atom stereocenters.